The van der Waals surface area contributed by atoms with E-state index in [0.717, 1.165) is 0 Å². The van der Waals surface area contributed by atoms with Crippen LogP contribution in [0.1, 0.15) is 5.82 Å². The Labute approximate surface area is 182 Å². The van der Waals surface area contributed by atoms with Crippen molar-refractivity contribution in [3.8, 4) is 5.75 Å². The number of thioether (sulfide) groups is 1. The third-order valence-electron chi connectivity index (χ3n) is 3.63. The molecule has 0 aliphatic carbocycles. The summed E-state index contributed by atoms with van der Waals surface area (Å²) in [5, 5.41) is 12.6. The minimum absolute atomic E-state index is 0.144. The first-order valence-corrected chi connectivity index (χ1v) is 10.3. The highest BCUT2D eigenvalue weighted by atomic mass is 35.5. The number of carbonyl (C=O) groups excluding carboxylic acids is 1. The van der Waals surface area contributed by atoms with E-state index in [4.69, 9.17) is 27.9 Å². The van der Waals surface area contributed by atoms with Crippen LogP contribution in [0, 0.1) is 0 Å². The van der Waals surface area contributed by atoms with Crippen molar-refractivity contribution in [2.75, 3.05) is 11.1 Å². The zero-order valence-corrected chi connectivity index (χ0v) is 17.5. The molecule has 29 heavy (non-hydrogen) atoms. The van der Waals surface area contributed by atoms with Gasteiger partial charge in [-0.1, -0.05) is 53.2 Å². The summed E-state index contributed by atoms with van der Waals surface area (Å²) in [6.07, 6.45) is 3.19. The number of halogens is 2. The number of ether oxygens (including phenoxy) is 1. The topological polar surface area (TPSA) is 81.9 Å². The van der Waals surface area contributed by atoms with Gasteiger partial charge >= 0.3 is 0 Å². The summed E-state index contributed by atoms with van der Waals surface area (Å²) in [7, 11) is 0. The van der Waals surface area contributed by atoms with E-state index in [1.165, 1.54) is 18.0 Å². The summed E-state index contributed by atoms with van der Waals surface area (Å²) in [4.78, 5) is 16.2. The molecule has 1 amide bonds. The van der Waals surface area contributed by atoms with Crippen molar-refractivity contribution < 1.29 is 9.53 Å². The maximum atomic E-state index is 12.2. The van der Waals surface area contributed by atoms with Crippen LogP contribution < -0.4 is 10.1 Å². The molecule has 0 aliphatic heterocycles. The summed E-state index contributed by atoms with van der Waals surface area (Å²) >= 11 is 13.2. The molecule has 0 bridgehead atoms. The Bertz CT molecular complexity index is 995. The van der Waals surface area contributed by atoms with Crippen LogP contribution in [0.5, 0.6) is 5.75 Å². The number of rotatable bonds is 9. The maximum Gasteiger partial charge on any atom is 0.236 e. The second-order valence-electron chi connectivity index (χ2n) is 5.72. The van der Waals surface area contributed by atoms with Crippen LogP contribution >= 0.6 is 35.0 Å². The fraction of sp³-hybridized carbons (Fsp3) is 0.158. The van der Waals surface area contributed by atoms with E-state index in [1.54, 1.807) is 30.3 Å². The Kier molecular flexibility index (Phi) is 7.51. The molecule has 1 aromatic carbocycles. The molecular weight excluding hydrogens is 433 g/mol. The first kappa shape index (κ1) is 21.2. The lowest BCUT2D eigenvalue weighted by Gasteiger charge is -2.10. The smallest absolute Gasteiger partial charge is 0.236 e. The minimum atomic E-state index is -0.216. The number of nitrogens with one attached hydrogen (secondary N) is 1. The molecule has 150 valence electrons. The molecule has 0 radical (unpaired) electrons. The van der Waals surface area contributed by atoms with Crippen LogP contribution in [-0.4, -0.2) is 31.4 Å². The molecule has 3 rings (SSSR count). The van der Waals surface area contributed by atoms with E-state index < -0.39 is 0 Å². The lowest BCUT2D eigenvalue weighted by Crippen LogP contribution is -2.15. The van der Waals surface area contributed by atoms with Crippen molar-refractivity contribution in [3.63, 3.8) is 0 Å². The van der Waals surface area contributed by atoms with Gasteiger partial charge in [0.05, 0.1) is 15.8 Å². The van der Waals surface area contributed by atoms with Crippen LogP contribution in [0.3, 0.4) is 0 Å². The van der Waals surface area contributed by atoms with Gasteiger partial charge in [-0.05, 0) is 24.3 Å². The average molecular weight is 450 g/mol. The molecule has 2 aromatic heterocycles. The number of hydrogen-bond donors (Lipinski definition) is 1. The average Bonchev–Trinajstić information content (AvgIpc) is 3.09. The fourth-order valence-corrected chi connectivity index (χ4v) is 3.38. The van der Waals surface area contributed by atoms with Gasteiger partial charge in [0.15, 0.2) is 11.0 Å². The number of carbonyl (C=O) groups is 1. The first-order chi connectivity index (χ1) is 14.1. The SMILES string of the molecule is C=CCn1c(COc2ccccc2Cl)nnc1SCC(=O)Nc1ccc(Cl)cn1. The van der Waals surface area contributed by atoms with Gasteiger partial charge in [0, 0.05) is 12.7 Å². The van der Waals surface area contributed by atoms with E-state index >= 15 is 0 Å². The molecule has 0 saturated carbocycles. The second kappa shape index (κ2) is 10.3. The Balaban J connectivity index is 1.61. The Morgan fingerprint density at radius 1 is 1.24 bits per heavy atom. The number of pyridine rings is 1. The zero-order chi connectivity index (χ0) is 20.6. The number of nitrogens with zero attached hydrogens (tertiary/aromatic N) is 4. The van der Waals surface area contributed by atoms with Gasteiger partial charge in [-0.3, -0.25) is 9.36 Å². The molecule has 0 fully saturated rings. The third kappa shape index (κ3) is 5.96. The monoisotopic (exact) mass is 449 g/mol. The van der Waals surface area contributed by atoms with Crippen molar-refractivity contribution >= 4 is 46.7 Å². The molecule has 0 atom stereocenters. The van der Waals surface area contributed by atoms with E-state index in [-0.39, 0.29) is 18.3 Å². The number of aromatic nitrogens is 4. The lowest BCUT2D eigenvalue weighted by atomic mass is 10.3. The van der Waals surface area contributed by atoms with Crippen LogP contribution in [0.15, 0.2) is 60.4 Å². The molecular formula is C19H17Cl2N5O2S. The second-order valence-corrected chi connectivity index (χ2v) is 7.50. The number of anilines is 1. The predicted molar refractivity (Wildman–Crippen MR) is 115 cm³/mol. The van der Waals surface area contributed by atoms with Gasteiger partial charge < -0.3 is 10.1 Å². The summed E-state index contributed by atoms with van der Waals surface area (Å²) in [5.74, 6) is 1.52. The van der Waals surface area contributed by atoms with E-state index in [0.29, 0.717) is 39.1 Å². The number of amides is 1. The van der Waals surface area contributed by atoms with Gasteiger partial charge in [-0.2, -0.15) is 0 Å². The molecule has 10 heteroatoms. The Morgan fingerprint density at radius 2 is 2.07 bits per heavy atom. The van der Waals surface area contributed by atoms with E-state index in [1.807, 2.05) is 16.7 Å². The van der Waals surface area contributed by atoms with Gasteiger partial charge in [0.2, 0.25) is 5.91 Å². The lowest BCUT2D eigenvalue weighted by molar-refractivity contribution is -0.113. The first-order valence-electron chi connectivity index (χ1n) is 8.51. The quantitative estimate of drug-likeness (QED) is 0.383. The van der Waals surface area contributed by atoms with Crippen LogP contribution in [0.2, 0.25) is 10.0 Å². The Hall–Kier alpha value is -2.55. The zero-order valence-electron chi connectivity index (χ0n) is 15.2. The predicted octanol–water partition coefficient (Wildman–Crippen LogP) is 4.48. The largest absolute Gasteiger partial charge is 0.484 e. The van der Waals surface area contributed by atoms with Gasteiger partial charge in [-0.25, -0.2) is 4.98 Å². The van der Waals surface area contributed by atoms with Gasteiger partial charge in [-0.15, -0.1) is 16.8 Å². The van der Waals surface area contributed by atoms with Crippen molar-refractivity contribution in [1.82, 2.24) is 19.7 Å². The summed E-state index contributed by atoms with van der Waals surface area (Å²) in [6, 6.07) is 10.5. The molecule has 2 heterocycles. The summed E-state index contributed by atoms with van der Waals surface area (Å²) in [5.41, 5.74) is 0. The number of benzene rings is 1. The van der Waals surface area contributed by atoms with Crippen LogP contribution in [0.4, 0.5) is 5.82 Å². The van der Waals surface area contributed by atoms with Gasteiger partial charge in [0.1, 0.15) is 18.2 Å². The molecule has 0 unspecified atom stereocenters. The number of para-hydroxylation sites is 1. The summed E-state index contributed by atoms with van der Waals surface area (Å²) in [6.45, 7) is 4.43. The highest BCUT2D eigenvalue weighted by molar-refractivity contribution is 7.99. The molecule has 0 saturated heterocycles. The highest BCUT2D eigenvalue weighted by Crippen LogP contribution is 2.25. The van der Waals surface area contributed by atoms with Crippen molar-refractivity contribution in [2.45, 2.75) is 18.3 Å². The number of hydrogen-bond acceptors (Lipinski definition) is 6. The van der Waals surface area contributed by atoms with Crippen molar-refractivity contribution in [2.24, 2.45) is 0 Å². The normalized spacial score (nSPS) is 10.6. The standard InChI is InChI=1S/C19H17Cl2N5O2S/c1-2-9-26-17(11-28-15-6-4-3-5-14(15)21)24-25-19(26)29-12-18(27)23-16-8-7-13(20)10-22-16/h2-8,10H,1,9,11-12H2,(H,22,23,27). The molecule has 3 aromatic rings. The van der Waals surface area contributed by atoms with Crippen LogP contribution in [-0.2, 0) is 17.9 Å². The molecule has 7 nitrogen and oxygen atoms in total. The van der Waals surface area contributed by atoms with E-state index in [2.05, 4.69) is 27.1 Å². The maximum absolute atomic E-state index is 12.2. The molecule has 0 aliphatic rings. The van der Waals surface area contributed by atoms with Crippen molar-refractivity contribution in [3.05, 3.63) is 71.1 Å². The number of allylic oxidation sites excluding steroid dienone is 1. The van der Waals surface area contributed by atoms with E-state index in [9.17, 15) is 4.79 Å². The minimum Gasteiger partial charge on any atom is -0.484 e. The highest BCUT2D eigenvalue weighted by Gasteiger charge is 2.15. The van der Waals surface area contributed by atoms with Crippen LogP contribution in [0.25, 0.3) is 0 Å². The van der Waals surface area contributed by atoms with Gasteiger partial charge in [0.25, 0.3) is 0 Å². The molecule has 0 spiro atoms. The van der Waals surface area contributed by atoms with Crippen molar-refractivity contribution in [1.29, 1.82) is 0 Å². The Morgan fingerprint density at radius 3 is 2.79 bits per heavy atom. The molecule has 1 N–H and O–H groups in total. The fourth-order valence-electron chi connectivity index (χ4n) is 2.31. The third-order valence-corrected chi connectivity index (χ3v) is 5.13. The summed E-state index contributed by atoms with van der Waals surface area (Å²) < 4.78 is 7.58.